The maximum Gasteiger partial charge on any atom is 0.175 e. The number of pyridine rings is 1. The first-order valence-electron chi connectivity index (χ1n) is 7.82. The van der Waals surface area contributed by atoms with Crippen LogP contribution < -0.4 is 5.01 Å². The Balaban J connectivity index is 2.72. The molecule has 0 N–H and O–H groups in total. The molecule has 124 valence electrons. The summed E-state index contributed by atoms with van der Waals surface area (Å²) >= 11 is 0. The lowest BCUT2D eigenvalue weighted by Crippen LogP contribution is -2.19. The second kappa shape index (κ2) is 6.40. The number of nitrogens with zero attached hydrogens (tertiary/aromatic N) is 4. The van der Waals surface area contributed by atoms with E-state index < -0.39 is 0 Å². The lowest BCUT2D eigenvalue weighted by atomic mass is 9.91. The summed E-state index contributed by atoms with van der Waals surface area (Å²) in [6, 6.07) is 9.59. The van der Waals surface area contributed by atoms with E-state index in [1.807, 2.05) is 59.7 Å². The molecule has 0 aliphatic rings. The standard InChI is InChI=1S/C19H22N4O/c1-12-9-13(2)17(14(3)10-12)23(22-24)18-15(11-20)7-8-16(21-18)19(4,5)6/h7-10H,1-6H3. The Kier molecular flexibility index (Phi) is 4.70. The fourth-order valence-electron chi connectivity index (χ4n) is 2.81. The van der Waals surface area contributed by atoms with Gasteiger partial charge in [-0.25, -0.2) is 4.98 Å². The highest BCUT2D eigenvalue weighted by Gasteiger charge is 2.24. The minimum absolute atomic E-state index is 0.200. The number of hydrogen-bond donors (Lipinski definition) is 0. The zero-order valence-electron chi connectivity index (χ0n) is 15.0. The SMILES string of the molecule is Cc1cc(C)c(N(N=O)c2nc(C(C)(C)C)ccc2C#N)c(C)c1. The Bertz CT molecular complexity index is 805. The summed E-state index contributed by atoms with van der Waals surface area (Å²) in [6.07, 6.45) is 0. The highest BCUT2D eigenvalue weighted by atomic mass is 16.3. The van der Waals surface area contributed by atoms with Crippen LogP contribution in [0.4, 0.5) is 11.5 Å². The third kappa shape index (κ3) is 3.28. The van der Waals surface area contributed by atoms with Crippen LogP contribution >= 0.6 is 0 Å². The molecule has 0 saturated heterocycles. The summed E-state index contributed by atoms with van der Waals surface area (Å²) in [6.45, 7) is 12.0. The molecular weight excluding hydrogens is 300 g/mol. The molecule has 0 aliphatic heterocycles. The molecule has 0 saturated carbocycles. The number of rotatable bonds is 3. The van der Waals surface area contributed by atoms with E-state index in [-0.39, 0.29) is 11.2 Å². The molecule has 0 radical (unpaired) electrons. The number of nitriles is 1. The lowest BCUT2D eigenvalue weighted by molar-refractivity contribution is 0.568. The van der Waals surface area contributed by atoms with Crippen LogP contribution in [0.1, 0.15) is 48.7 Å². The van der Waals surface area contributed by atoms with Gasteiger partial charge in [0.1, 0.15) is 6.07 Å². The van der Waals surface area contributed by atoms with Crippen LogP contribution in [0.15, 0.2) is 29.6 Å². The summed E-state index contributed by atoms with van der Waals surface area (Å²) in [7, 11) is 0. The smallest absolute Gasteiger partial charge is 0.175 e. The fourth-order valence-corrected chi connectivity index (χ4v) is 2.81. The van der Waals surface area contributed by atoms with E-state index in [1.165, 1.54) is 5.01 Å². The van der Waals surface area contributed by atoms with Crippen LogP contribution in [0.2, 0.25) is 0 Å². The molecule has 0 spiro atoms. The van der Waals surface area contributed by atoms with Crippen molar-refractivity contribution in [2.75, 3.05) is 5.01 Å². The maximum atomic E-state index is 11.7. The van der Waals surface area contributed by atoms with Crippen LogP contribution in [-0.4, -0.2) is 4.98 Å². The van der Waals surface area contributed by atoms with Gasteiger partial charge in [-0.05, 0) is 44.0 Å². The number of hydrogen-bond acceptors (Lipinski definition) is 4. The Labute approximate surface area is 142 Å². The van der Waals surface area contributed by atoms with E-state index >= 15 is 0 Å². The third-order valence-corrected chi connectivity index (χ3v) is 3.89. The first kappa shape index (κ1) is 17.6. The van der Waals surface area contributed by atoms with E-state index in [9.17, 15) is 10.2 Å². The minimum Gasteiger partial charge on any atom is -0.232 e. The molecule has 0 atom stereocenters. The van der Waals surface area contributed by atoms with Crippen molar-refractivity contribution in [3.8, 4) is 6.07 Å². The van der Waals surface area contributed by atoms with Gasteiger partial charge in [0.15, 0.2) is 5.82 Å². The van der Waals surface area contributed by atoms with Gasteiger partial charge in [0.2, 0.25) is 0 Å². The molecule has 0 amide bonds. The molecule has 1 heterocycles. The number of benzene rings is 1. The topological polar surface area (TPSA) is 69.3 Å². The van der Waals surface area contributed by atoms with Crippen molar-refractivity contribution in [1.29, 1.82) is 5.26 Å². The summed E-state index contributed by atoms with van der Waals surface area (Å²) in [5.41, 5.74) is 4.53. The monoisotopic (exact) mass is 322 g/mol. The molecule has 0 fully saturated rings. The van der Waals surface area contributed by atoms with Crippen LogP contribution in [0.5, 0.6) is 0 Å². The summed E-state index contributed by atoms with van der Waals surface area (Å²) in [5, 5.41) is 13.8. The molecule has 24 heavy (non-hydrogen) atoms. The Morgan fingerprint density at radius 2 is 1.71 bits per heavy atom. The van der Waals surface area contributed by atoms with Gasteiger partial charge in [0.25, 0.3) is 0 Å². The average Bonchev–Trinajstić information content (AvgIpc) is 2.49. The summed E-state index contributed by atoms with van der Waals surface area (Å²) < 4.78 is 0. The summed E-state index contributed by atoms with van der Waals surface area (Å²) in [4.78, 5) is 16.2. The van der Waals surface area contributed by atoms with E-state index in [0.717, 1.165) is 22.4 Å². The van der Waals surface area contributed by atoms with Crippen LogP contribution in [0.3, 0.4) is 0 Å². The lowest BCUT2D eigenvalue weighted by Gasteiger charge is -2.23. The van der Waals surface area contributed by atoms with Crippen LogP contribution in [-0.2, 0) is 5.41 Å². The van der Waals surface area contributed by atoms with Gasteiger partial charge in [-0.2, -0.15) is 10.3 Å². The van der Waals surface area contributed by atoms with Gasteiger partial charge < -0.3 is 0 Å². The predicted octanol–water partition coefficient (Wildman–Crippen LogP) is 5.00. The predicted molar refractivity (Wildman–Crippen MR) is 96.2 cm³/mol. The van der Waals surface area contributed by atoms with Gasteiger partial charge in [0, 0.05) is 11.1 Å². The minimum atomic E-state index is -0.200. The van der Waals surface area contributed by atoms with Gasteiger partial charge in [-0.3, -0.25) is 0 Å². The third-order valence-electron chi connectivity index (χ3n) is 3.89. The van der Waals surface area contributed by atoms with Crippen LogP contribution in [0.25, 0.3) is 0 Å². The van der Waals surface area contributed by atoms with Gasteiger partial charge >= 0.3 is 0 Å². The van der Waals surface area contributed by atoms with Crippen LogP contribution in [0, 0.1) is 37.0 Å². The molecule has 5 nitrogen and oxygen atoms in total. The normalized spacial score (nSPS) is 11.0. The maximum absolute atomic E-state index is 11.7. The highest BCUT2D eigenvalue weighted by Crippen LogP contribution is 2.34. The van der Waals surface area contributed by atoms with E-state index in [0.29, 0.717) is 11.3 Å². The molecule has 1 aromatic carbocycles. The Morgan fingerprint density at radius 1 is 1.12 bits per heavy atom. The van der Waals surface area contributed by atoms with Crippen molar-refractivity contribution in [1.82, 2.24) is 4.98 Å². The zero-order valence-corrected chi connectivity index (χ0v) is 15.0. The van der Waals surface area contributed by atoms with Crippen molar-refractivity contribution in [3.63, 3.8) is 0 Å². The van der Waals surface area contributed by atoms with Gasteiger partial charge in [-0.15, -0.1) is 4.91 Å². The van der Waals surface area contributed by atoms with Gasteiger partial charge in [-0.1, -0.05) is 38.5 Å². The van der Waals surface area contributed by atoms with Crippen molar-refractivity contribution in [2.45, 2.75) is 47.0 Å². The fraction of sp³-hybridized carbons (Fsp3) is 0.368. The summed E-state index contributed by atoms with van der Waals surface area (Å²) in [5.74, 6) is 0.273. The second-order valence-corrected chi connectivity index (χ2v) is 7.07. The molecule has 0 aliphatic carbocycles. The Hall–Kier alpha value is -2.74. The highest BCUT2D eigenvalue weighted by molar-refractivity contribution is 5.71. The molecule has 0 bridgehead atoms. The van der Waals surface area contributed by atoms with Gasteiger partial charge in [0.05, 0.1) is 16.5 Å². The number of aryl methyl sites for hydroxylation is 3. The molecule has 2 rings (SSSR count). The number of aromatic nitrogens is 1. The second-order valence-electron chi connectivity index (χ2n) is 7.07. The first-order chi connectivity index (χ1) is 11.2. The largest absolute Gasteiger partial charge is 0.232 e. The quantitative estimate of drug-likeness (QED) is 0.589. The van der Waals surface area contributed by atoms with E-state index in [4.69, 9.17) is 0 Å². The molecule has 5 heteroatoms. The Morgan fingerprint density at radius 3 is 2.17 bits per heavy atom. The zero-order chi connectivity index (χ0) is 18.1. The van der Waals surface area contributed by atoms with Crippen molar-refractivity contribution < 1.29 is 0 Å². The van der Waals surface area contributed by atoms with Crippen molar-refractivity contribution in [3.05, 3.63) is 57.1 Å². The number of anilines is 2. The van der Waals surface area contributed by atoms with E-state index in [2.05, 4.69) is 16.3 Å². The number of nitroso groups, excluding NO2 is 1. The molecule has 0 unspecified atom stereocenters. The van der Waals surface area contributed by atoms with Crippen molar-refractivity contribution in [2.24, 2.45) is 5.29 Å². The molecular formula is C19H22N4O. The molecule has 1 aromatic heterocycles. The van der Waals surface area contributed by atoms with E-state index in [1.54, 1.807) is 6.07 Å². The van der Waals surface area contributed by atoms with Crippen molar-refractivity contribution >= 4 is 11.5 Å². The molecule has 2 aromatic rings. The first-order valence-corrected chi connectivity index (χ1v) is 7.82. The average molecular weight is 322 g/mol.